The Hall–Kier alpha value is -1.02. The van der Waals surface area contributed by atoms with Crippen LogP contribution in [-0.2, 0) is 11.2 Å². The molecule has 2 heteroatoms. The van der Waals surface area contributed by atoms with Crippen molar-refractivity contribution in [2.24, 2.45) is 0 Å². The molecule has 1 saturated heterocycles. The molecule has 0 saturated carbocycles. The number of epoxide rings is 1. The second-order valence-electron chi connectivity index (χ2n) is 3.88. The number of hydrogen-bond donors (Lipinski definition) is 0. The third-order valence-corrected chi connectivity index (χ3v) is 2.94. The zero-order chi connectivity index (χ0) is 8.84. The number of anilines is 1. The summed E-state index contributed by atoms with van der Waals surface area (Å²) in [5.74, 6) is 0. The first-order chi connectivity index (χ1) is 6.34. The molecule has 1 aromatic rings. The van der Waals surface area contributed by atoms with Crippen LogP contribution in [0.1, 0.15) is 17.2 Å². The van der Waals surface area contributed by atoms with Crippen LogP contribution in [0.2, 0.25) is 0 Å². The van der Waals surface area contributed by atoms with E-state index in [1.165, 1.54) is 23.2 Å². The second kappa shape index (κ2) is 2.48. The highest BCUT2D eigenvalue weighted by molar-refractivity contribution is 5.58. The smallest absolute Gasteiger partial charge is 0.106 e. The summed E-state index contributed by atoms with van der Waals surface area (Å²) < 4.78 is 5.27. The molecule has 2 heterocycles. The number of likely N-dealkylation sites (N-methyl/N-ethyl adjacent to an activating group) is 1. The molecule has 2 nitrogen and oxygen atoms in total. The summed E-state index contributed by atoms with van der Waals surface area (Å²) >= 11 is 0. The van der Waals surface area contributed by atoms with E-state index < -0.39 is 0 Å². The van der Waals surface area contributed by atoms with Gasteiger partial charge >= 0.3 is 0 Å². The molecule has 0 bridgehead atoms. The van der Waals surface area contributed by atoms with Gasteiger partial charge < -0.3 is 9.64 Å². The molecule has 0 spiro atoms. The van der Waals surface area contributed by atoms with E-state index in [2.05, 4.69) is 30.1 Å². The average molecular weight is 175 g/mol. The number of rotatable bonds is 1. The number of ether oxygens (including phenoxy) is 1. The molecule has 0 aliphatic carbocycles. The van der Waals surface area contributed by atoms with Crippen LogP contribution in [0.3, 0.4) is 0 Å². The Kier molecular flexibility index (Phi) is 1.41. The van der Waals surface area contributed by atoms with Crippen molar-refractivity contribution < 1.29 is 4.74 Å². The predicted octanol–water partition coefficient (Wildman–Crippen LogP) is 1.75. The Labute approximate surface area is 78.1 Å². The molecule has 1 aromatic carbocycles. The lowest BCUT2D eigenvalue weighted by Crippen LogP contribution is -2.12. The van der Waals surface area contributed by atoms with E-state index in [4.69, 9.17) is 4.74 Å². The van der Waals surface area contributed by atoms with Crippen LogP contribution < -0.4 is 4.90 Å². The van der Waals surface area contributed by atoms with Crippen LogP contribution in [0.5, 0.6) is 0 Å². The molecule has 0 unspecified atom stereocenters. The molecule has 0 aromatic heterocycles. The Morgan fingerprint density at radius 1 is 1.46 bits per heavy atom. The van der Waals surface area contributed by atoms with Gasteiger partial charge in [-0.05, 0) is 23.6 Å². The van der Waals surface area contributed by atoms with Crippen LogP contribution in [0.25, 0.3) is 0 Å². The summed E-state index contributed by atoms with van der Waals surface area (Å²) in [6.07, 6.45) is 1.59. The van der Waals surface area contributed by atoms with Gasteiger partial charge in [0.25, 0.3) is 0 Å². The molecular weight excluding hydrogens is 162 g/mol. The van der Waals surface area contributed by atoms with E-state index in [1.54, 1.807) is 0 Å². The van der Waals surface area contributed by atoms with Gasteiger partial charge in [-0.25, -0.2) is 0 Å². The minimum atomic E-state index is 0.399. The molecule has 13 heavy (non-hydrogen) atoms. The van der Waals surface area contributed by atoms with Crippen molar-refractivity contribution in [3.05, 3.63) is 29.3 Å². The maximum Gasteiger partial charge on any atom is 0.106 e. The molecule has 2 aliphatic heterocycles. The van der Waals surface area contributed by atoms with Crippen molar-refractivity contribution in [1.29, 1.82) is 0 Å². The summed E-state index contributed by atoms with van der Waals surface area (Å²) in [7, 11) is 2.15. The van der Waals surface area contributed by atoms with Crippen molar-refractivity contribution >= 4 is 5.69 Å². The fourth-order valence-electron chi connectivity index (χ4n) is 2.03. The summed E-state index contributed by atoms with van der Waals surface area (Å²) in [5, 5.41) is 0. The fraction of sp³-hybridized carbons (Fsp3) is 0.455. The Balaban J connectivity index is 2.02. The molecule has 1 atom stereocenters. The second-order valence-corrected chi connectivity index (χ2v) is 3.88. The minimum absolute atomic E-state index is 0.399. The van der Waals surface area contributed by atoms with Crippen LogP contribution in [0, 0.1) is 0 Å². The summed E-state index contributed by atoms with van der Waals surface area (Å²) in [4.78, 5) is 2.31. The normalized spacial score (nSPS) is 24.7. The average Bonchev–Trinajstić information content (AvgIpc) is 2.93. The molecule has 0 N–H and O–H groups in total. The zero-order valence-corrected chi connectivity index (χ0v) is 7.79. The van der Waals surface area contributed by atoms with Crippen LogP contribution in [0.15, 0.2) is 18.2 Å². The first-order valence-electron chi connectivity index (χ1n) is 4.80. The van der Waals surface area contributed by atoms with Crippen molar-refractivity contribution in [1.82, 2.24) is 0 Å². The number of nitrogens with zero attached hydrogens (tertiary/aromatic N) is 1. The standard InChI is InChI=1S/C11H13NO/c1-12-5-4-8-6-9(11-7-13-11)2-3-10(8)12/h2-3,6,11H,4-5,7H2,1H3/t11-/m0/s1. The monoisotopic (exact) mass is 175 g/mol. The van der Waals surface area contributed by atoms with Gasteiger partial charge in [-0.15, -0.1) is 0 Å². The SMILES string of the molecule is CN1CCc2cc([C@@H]3CO3)ccc21. The number of hydrogen-bond acceptors (Lipinski definition) is 2. The van der Waals surface area contributed by atoms with Crippen LogP contribution in [0.4, 0.5) is 5.69 Å². The molecule has 2 aliphatic rings. The van der Waals surface area contributed by atoms with Crippen LogP contribution in [-0.4, -0.2) is 20.2 Å². The lowest BCUT2D eigenvalue weighted by atomic mass is 10.1. The molecule has 68 valence electrons. The van der Waals surface area contributed by atoms with Gasteiger partial charge in [-0.1, -0.05) is 12.1 Å². The molecule has 1 fully saturated rings. The van der Waals surface area contributed by atoms with Crippen molar-refractivity contribution in [2.45, 2.75) is 12.5 Å². The van der Waals surface area contributed by atoms with E-state index >= 15 is 0 Å². The van der Waals surface area contributed by atoms with Gasteiger partial charge in [-0.2, -0.15) is 0 Å². The van der Waals surface area contributed by atoms with Gasteiger partial charge in [0.2, 0.25) is 0 Å². The number of fused-ring (bicyclic) bond motifs is 1. The maximum absolute atomic E-state index is 5.27. The first kappa shape index (κ1) is 7.39. The Morgan fingerprint density at radius 2 is 2.31 bits per heavy atom. The first-order valence-corrected chi connectivity index (χ1v) is 4.80. The number of benzene rings is 1. The van der Waals surface area contributed by atoms with Crippen molar-refractivity contribution in [2.75, 3.05) is 25.1 Å². The largest absolute Gasteiger partial charge is 0.374 e. The summed E-state index contributed by atoms with van der Waals surface area (Å²) in [6.45, 7) is 2.07. The lowest BCUT2D eigenvalue weighted by Gasteiger charge is -2.11. The maximum atomic E-state index is 5.27. The van der Waals surface area contributed by atoms with Crippen molar-refractivity contribution in [3.8, 4) is 0 Å². The van der Waals surface area contributed by atoms with Gasteiger partial charge in [0, 0.05) is 19.3 Å². The Bertz CT molecular complexity index is 344. The predicted molar refractivity (Wildman–Crippen MR) is 52.1 cm³/mol. The van der Waals surface area contributed by atoms with Gasteiger partial charge in [0.1, 0.15) is 6.10 Å². The highest BCUT2D eigenvalue weighted by Crippen LogP contribution is 2.34. The van der Waals surface area contributed by atoms with E-state index in [9.17, 15) is 0 Å². The topological polar surface area (TPSA) is 15.8 Å². The highest BCUT2D eigenvalue weighted by atomic mass is 16.6. The van der Waals surface area contributed by atoms with E-state index in [-0.39, 0.29) is 0 Å². The molecule has 0 radical (unpaired) electrons. The quantitative estimate of drug-likeness (QED) is 0.604. The van der Waals surface area contributed by atoms with E-state index in [1.807, 2.05) is 0 Å². The van der Waals surface area contributed by atoms with E-state index in [0.717, 1.165) is 13.2 Å². The van der Waals surface area contributed by atoms with Crippen molar-refractivity contribution in [3.63, 3.8) is 0 Å². The zero-order valence-electron chi connectivity index (χ0n) is 7.79. The molecule has 3 rings (SSSR count). The third kappa shape index (κ3) is 1.13. The summed E-state index contributed by atoms with van der Waals surface area (Å²) in [5.41, 5.74) is 4.23. The fourth-order valence-corrected chi connectivity index (χ4v) is 2.03. The van der Waals surface area contributed by atoms with Gasteiger partial charge in [0.15, 0.2) is 0 Å². The van der Waals surface area contributed by atoms with Crippen LogP contribution >= 0.6 is 0 Å². The molecule has 0 amide bonds. The molecular formula is C11H13NO. The lowest BCUT2D eigenvalue weighted by molar-refractivity contribution is 0.415. The van der Waals surface area contributed by atoms with E-state index in [0.29, 0.717) is 6.10 Å². The third-order valence-electron chi connectivity index (χ3n) is 2.94. The van der Waals surface area contributed by atoms with Gasteiger partial charge in [0.05, 0.1) is 6.61 Å². The Morgan fingerprint density at radius 3 is 3.08 bits per heavy atom. The highest BCUT2D eigenvalue weighted by Gasteiger charge is 2.26. The summed E-state index contributed by atoms with van der Waals surface area (Å²) in [6, 6.07) is 6.72. The minimum Gasteiger partial charge on any atom is -0.374 e. The van der Waals surface area contributed by atoms with Gasteiger partial charge in [-0.3, -0.25) is 0 Å².